The SMILES string of the molecule is Cc1cccc(C(Nc2nccc(C(F)(F)F)n2)c2ccccn2)c1. The average Bonchev–Trinajstić information content (AvgIpc) is 2.60. The molecule has 3 rings (SSSR count). The molecule has 0 radical (unpaired) electrons. The van der Waals surface area contributed by atoms with E-state index in [1.807, 2.05) is 37.3 Å². The van der Waals surface area contributed by atoms with E-state index in [0.717, 1.165) is 23.4 Å². The fourth-order valence-corrected chi connectivity index (χ4v) is 2.44. The summed E-state index contributed by atoms with van der Waals surface area (Å²) in [5.74, 6) is -0.105. The zero-order valence-corrected chi connectivity index (χ0v) is 13.3. The number of hydrogen-bond acceptors (Lipinski definition) is 4. The molecule has 2 aromatic heterocycles. The lowest BCUT2D eigenvalue weighted by Gasteiger charge is -2.19. The fourth-order valence-electron chi connectivity index (χ4n) is 2.44. The average molecular weight is 344 g/mol. The van der Waals surface area contributed by atoms with Crippen molar-refractivity contribution in [2.24, 2.45) is 0 Å². The molecular weight excluding hydrogens is 329 g/mol. The molecule has 0 aliphatic heterocycles. The number of halogens is 3. The lowest BCUT2D eigenvalue weighted by molar-refractivity contribution is -0.141. The van der Waals surface area contributed by atoms with Crippen molar-refractivity contribution in [2.45, 2.75) is 19.1 Å². The highest BCUT2D eigenvalue weighted by atomic mass is 19.4. The summed E-state index contributed by atoms with van der Waals surface area (Å²) >= 11 is 0. The van der Waals surface area contributed by atoms with Crippen LogP contribution in [0, 0.1) is 6.92 Å². The van der Waals surface area contributed by atoms with Gasteiger partial charge < -0.3 is 5.32 Å². The second kappa shape index (κ2) is 6.88. The quantitative estimate of drug-likeness (QED) is 0.762. The fraction of sp³-hybridized carbons (Fsp3) is 0.167. The summed E-state index contributed by atoms with van der Waals surface area (Å²) in [5.41, 5.74) is 1.56. The Hall–Kier alpha value is -2.96. The van der Waals surface area contributed by atoms with Crippen molar-refractivity contribution >= 4 is 5.95 Å². The summed E-state index contributed by atoms with van der Waals surface area (Å²) in [7, 11) is 0. The van der Waals surface area contributed by atoms with Crippen molar-refractivity contribution in [3.8, 4) is 0 Å². The van der Waals surface area contributed by atoms with Gasteiger partial charge in [0.2, 0.25) is 5.95 Å². The first-order valence-corrected chi connectivity index (χ1v) is 7.58. The first-order chi connectivity index (χ1) is 11.9. The molecule has 1 aromatic carbocycles. The van der Waals surface area contributed by atoms with Crippen molar-refractivity contribution in [3.05, 3.63) is 83.4 Å². The third-order valence-electron chi connectivity index (χ3n) is 3.58. The number of pyridine rings is 1. The van der Waals surface area contributed by atoms with Gasteiger partial charge in [-0.05, 0) is 30.7 Å². The van der Waals surface area contributed by atoms with Gasteiger partial charge in [-0.25, -0.2) is 9.97 Å². The Morgan fingerprint density at radius 2 is 1.80 bits per heavy atom. The Morgan fingerprint density at radius 1 is 0.960 bits per heavy atom. The molecule has 25 heavy (non-hydrogen) atoms. The Morgan fingerprint density at radius 3 is 2.48 bits per heavy atom. The molecule has 0 amide bonds. The van der Waals surface area contributed by atoms with Crippen LogP contribution >= 0.6 is 0 Å². The maximum Gasteiger partial charge on any atom is 0.433 e. The van der Waals surface area contributed by atoms with Crippen molar-refractivity contribution in [3.63, 3.8) is 0 Å². The van der Waals surface area contributed by atoms with E-state index >= 15 is 0 Å². The first kappa shape index (κ1) is 16.9. The van der Waals surface area contributed by atoms with Crippen molar-refractivity contribution < 1.29 is 13.2 Å². The highest BCUT2D eigenvalue weighted by Crippen LogP contribution is 2.29. The number of aromatic nitrogens is 3. The van der Waals surface area contributed by atoms with Gasteiger partial charge in [0.25, 0.3) is 0 Å². The van der Waals surface area contributed by atoms with Gasteiger partial charge >= 0.3 is 6.18 Å². The molecular formula is C18H15F3N4. The summed E-state index contributed by atoms with van der Waals surface area (Å²) in [5, 5.41) is 2.97. The minimum absolute atomic E-state index is 0.105. The van der Waals surface area contributed by atoms with Gasteiger partial charge in [-0.3, -0.25) is 4.98 Å². The number of aryl methyl sites for hydroxylation is 1. The third-order valence-corrected chi connectivity index (χ3v) is 3.58. The second-order valence-corrected chi connectivity index (χ2v) is 5.51. The predicted molar refractivity (Wildman–Crippen MR) is 87.9 cm³/mol. The van der Waals surface area contributed by atoms with Gasteiger partial charge in [0.05, 0.1) is 11.7 Å². The zero-order valence-electron chi connectivity index (χ0n) is 13.3. The molecule has 0 aliphatic rings. The minimum Gasteiger partial charge on any atom is -0.342 e. The number of alkyl halides is 3. The molecule has 0 spiro atoms. The van der Waals surface area contributed by atoms with Crippen molar-refractivity contribution in [1.82, 2.24) is 15.0 Å². The van der Waals surface area contributed by atoms with Crippen molar-refractivity contribution in [1.29, 1.82) is 0 Å². The van der Waals surface area contributed by atoms with E-state index in [4.69, 9.17) is 0 Å². The molecule has 0 saturated carbocycles. The van der Waals surface area contributed by atoms with Crippen LogP contribution in [0.1, 0.15) is 28.6 Å². The maximum absolute atomic E-state index is 12.9. The smallest absolute Gasteiger partial charge is 0.342 e. The summed E-state index contributed by atoms with van der Waals surface area (Å²) < 4.78 is 38.6. The molecule has 1 atom stereocenters. The van der Waals surface area contributed by atoms with Crippen LogP contribution < -0.4 is 5.32 Å². The molecule has 0 aliphatic carbocycles. The molecule has 2 heterocycles. The highest BCUT2D eigenvalue weighted by Gasteiger charge is 2.33. The molecule has 1 unspecified atom stereocenters. The maximum atomic E-state index is 12.9. The van der Waals surface area contributed by atoms with Crippen LogP contribution in [0.3, 0.4) is 0 Å². The lowest BCUT2D eigenvalue weighted by Crippen LogP contribution is -2.17. The van der Waals surface area contributed by atoms with Crippen LogP contribution in [-0.4, -0.2) is 15.0 Å². The first-order valence-electron chi connectivity index (χ1n) is 7.58. The number of hydrogen-bond donors (Lipinski definition) is 1. The third kappa shape index (κ3) is 4.12. The molecule has 0 bridgehead atoms. The number of anilines is 1. The molecule has 3 aromatic rings. The van der Waals surface area contributed by atoms with Gasteiger partial charge in [-0.1, -0.05) is 35.9 Å². The Bertz CT molecular complexity index is 850. The van der Waals surface area contributed by atoms with Crippen molar-refractivity contribution in [2.75, 3.05) is 5.32 Å². The zero-order chi connectivity index (χ0) is 17.9. The topological polar surface area (TPSA) is 50.7 Å². The highest BCUT2D eigenvalue weighted by molar-refractivity contribution is 5.40. The van der Waals surface area contributed by atoms with Crippen LogP contribution in [0.15, 0.2) is 60.9 Å². The molecule has 0 saturated heterocycles. The van der Waals surface area contributed by atoms with E-state index in [0.29, 0.717) is 5.69 Å². The molecule has 128 valence electrons. The normalized spacial score (nSPS) is 12.6. The standard InChI is InChI=1S/C18H15F3N4/c1-12-5-4-6-13(11-12)16(14-7-2-3-9-22-14)25-17-23-10-8-15(24-17)18(19,20)21/h2-11,16H,1H3,(H,23,24,25). The van der Waals surface area contributed by atoms with Crippen LogP contribution in [-0.2, 0) is 6.18 Å². The Kier molecular flexibility index (Phi) is 4.65. The molecule has 0 fully saturated rings. The number of nitrogens with one attached hydrogen (secondary N) is 1. The predicted octanol–water partition coefficient (Wildman–Crippen LogP) is 4.40. The van der Waals surface area contributed by atoms with Gasteiger partial charge in [0, 0.05) is 12.4 Å². The van der Waals surface area contributed by atoms with E-state index < -0.39 is 17.9 Å². The summed E-state index contributed by atoms with van der Waals surface area (Å²) in [6, 6.07) is 13.4. The lowest BCUT2D eigenvalue weighted by atomic mass is 10.0. The van der Waals surface area contributed by atoms with Crippen LogP contribution in [0.2, 0.25) is 0 Å². The number of rotatable bonds is 4. The van der Waals surface area contributed by atoms with E-state index in [2.05, 4.69) is 20.3 Å². The molecule has 7 heteroatoms. The largest absolute Gasteiger partial charge is 0.433 e. The molecule has 4 nitrogen and oxygen atoms in total. The summed E-state index contributed by atoms with van der Waals surface area (Å²) in [4.78, 5) is 11.8. The van der Waals surface area contributed by atoms with E-state index in [-0.39, 0.29) is 5.95 Å². The van der Waals surface area contributed by atoms with Crippen LogP contribution in [0.25, 0.3) is 0 Å². The van der Waals surface area contributed by atoms with Gasteiger partial charge in [0.15, 0.2) is 0 Å². The monoisotopic (exact) mass is 344 g/mol. The van der Waals surface area contributed by atoms with Gasteiger partial charge in [0.1, 0.15) is 5.69 Å². The van der Waals surface area contributed by atoms with Gasteiger partial charge in [-0.15, -0.1) is 0 Å². The van der Waals surface area contributed by atoms with Gasteiger partial charge in [-0.2, -0.15) is 13.2 Å². The molecule has 1 N–H and O–H groups in total. The summed E-state index contributed by atoms with van der Waals surface area (Å²) in [6.07, 6.45) is -1.81. The summed E-state index contributed by atoms with van der Waals surface area (Å²) in [6.45, 7) is 1.94. The van der Waals surface area contributed by atoms with E-state index in [9.17, 15) is 13.2 Å². The number of nitrogens with zero attached hydrogens (tertiary/aromatic N) is 3. The number of benzene rings is 1. The van der Waals surface area contributed by atoms with Crippen LogP contribution in [0.5, 0.6) is 0 Å². The Labute approximate surface area is 142 Å². The minimum atomic E-state index is -4.52. The van der Waals surface area contributed by atoms with Crippen LogP contribution in [0.4, 0.5) is 19.1 Å². The van der Waals surface area contributed by atoms with E-state index in [1.54, 1.807) is 18.3 Å². The Balaban J connectivity index is 1.99. The van der Waals surface area contributed by atoms with E-state index in [1.165, 1.54) is 0 Å². The second-order valence-electron chi connectivity index (χ2n) is 5.51.